The Labute approximate surface area is 207 Å². The Kier molecular flexibility index (Phi) is 7.14. The van der Waals surface area contributed by atoms with Crippen LogP contribution in [0.15, 0.2) is 58.4 Å². The van der Waals surface area contributed by atoms with Crippen LogP contribution in [-0.2, 0) is 26.2 Å². The van der Waals surface area contributed by atoms with Gasteiger partial charge in [0.2, 0.25) is 0 Å². The summed E-state index contributed by atoms with van der Waals surface area (Å²) in [5.74, 6) is 0.509. The minimum absolute atomic E-state index is 0.0292. The molecule has 0 atom stereocenters. The summed E-state index contributed by atoms with van der Waals surface area (Å²) in [6.07, 6.45) is -2.04. The standard InChI is InChI=1S/C24H20ClF3N4O4/c1-31-21-20(22(34)32(23(31)35)8-3-9-33)17(10-14-6-7-19(29-12-14)24(26,27)28)18(13-30-21)36-16-5-2-4-15(25)11-16/h2,4-7,11-13,33H,3,8-10H2,1H3. The van der Waals surface area contributed by atoms with Crippen molar-refractivity contribution in [1.82, 2.24) is 19.1 Å². The number of fused-ring (bicyclic) bond motifs is 1. The van der Waals surface area contributed by atoms with E-state index in [1.807, 2.05) is 0 Å². The first kappa shape index (κ1) is 25.4. The minimum atomic E-state index is -4.60. The van der Waals surface area contributed by atoms with Gasteiger partial charge >= 0.3 is 11.9 Å². The highest BCUT2D eigenvalue weighted by molar-refractivity contribution is 6.30. The number of rotatable bonds is 7. The summed E-state index contributed by atoms with van der Waals surface area (Å²) in [7, 11) is 1.45. The Morgan fingerprint density at radius 3 is 2.53 bits per heavy atom. The lowest BCUT2D eigenvalue weighted by atomic mass is 10.0. The predicted octanol–water partition coefficient (Wildman–Crippen LogP) is 3.93. The van der Waals surface area contributed by atoms with Crippen molar-refractivity contribution in [1.29, 1.82) is 0 Å². The number of aryl methyl sites for hydroxylation is 1. The molecule has 0 aliphatic rings. The lowest BCUT2D eigenvalue weighted by Gasteiger charge is -2.16. The molecule has 0 saturated heterocycles. The van der Waals surface area contributed by atoms with E-state index in [9.17, 15) is 27.9 Å². The highest BCUT2D eigenvalue weighted by Crippen LogP contribution is 2.32. The van der Waals surface area contributed by atoms with E-state index in [2.05, 4.69) is 9.97 Å². The predicted molar refractivity (Wildman–Crippen MR) is 127 cm³/mol. The van der Waals surface area contributed by atoms with E-state index in [1.165, 1.54) is 23.9 Å². The van der Waals surface area contributed by atoms with Crippen LogP contribution < -0.4 is 16.0 Å². The van der Waals surface area contributed by atoms with E-state index in [-0.39, 0.29) is 42.8 Å². The Bertz CT molecular complexity index is 1530. The number of alkyl halides is 3. The van der Waals surface area contributed by atoms with E-state index in [4.69, 9.17) is 16.3 Å². The first-order chi connectivity index (χ1) is 17.1. The van der Waals surface area contributed by atoms with Crippen LogP contribution in [0.1, 0.15) is 23.2 Å². The molecule has 4 rings (SSSR count). The Balaban J connectivity index is 1.93. The number of aliphatic hydroxyl groups is 1. The number of hydrogen-bond acceptors (Lipinski definition) is 6. The number of nitrogens with zero attached hydrogens (tertiary/aromatic N) is 4. The van der Waals surface area contributed by atoms with Gasteiger partial charge in [-0.3, -0.25) is 18.9 Å². The van der Waals surface area contributed by atoms with Gasteiger partial charge in [-0.25, -0.2) is 9.78 Å². The number of pyridine rings is 2. The number of hydrogen-bond donors (Lipinski definition) is 1. The monoisotopic (exact) mass is 520 g/mol. The van der Waals surface area contributed by atoms with Crippen LogP contribution in [-0.4, -0.2) is 30.8 Å². The molecule has 0 spiro atoms. The zero-order valence-electron chi connectivity index (χ0n) is 18.9. The summed E-state index contributed by atoms with van der Waals surface area (Å²) in [6.45, 7) is -0.257. The van der Waals surface area contributed by atoms with Crippen LogP contribution in [0.25, 0.3) is 11.0 Å². The molecule has 3 heterocycles. The molecule has 12 heteroatoms. The SMILES string of the molecule is Cn1c(=O)n(CCCO)c(=O)c2c(Cc3ccc(C(F)(F)F)nc3)c(Oc3cccc(Cl)c3)cnc21. The summed E-state index contributed by atoms with van der Waals surface area (Å²) in [5.41, 5.74) is -1.55. The van der Waals surface area contributed by atoms with Gasteiger partial charge in [0.15, 0.2) is 0 Å². The minimum Gasteiger partial charge on any atom is -0.455 e. The van der Waals surface area contributed by atoms with Crippen LogP contribution in [0, 0.1) is 0 Å². The summed E-state index contributed by atoms with van der Waals surface area (Å²) < 4.78 is 47.1. The molecule has 1 aromatic carbocycles. The van der Waals surface area contributed by atoms with Crippen molar-refractivity contribution in [3.05, 3.63) is 91.5 Å². The summed E-state index contributed by atoms with van der Waals surface area (Å²) in [5, 5.41) is 9.67. The van der Waals surface area contributed by atoms with Gasteiger partial charge in [0.1, 0.15) is 22.8 Å². The van der Waals surface area contributed by atoms with Crippen LogP contribution in [0.3, 0.4) is 0 Å². The molecule has 1 N–H and O–H groups in total. The van der Waals surface area contributed by atoms with Gasteiger partial charge in [-0.2, -0.15) is 13.2 Å². The third-order valence-corrected chi connectivity index (χ3v) is 5.72. The average Bonchev–Trinajstić information content (AvgIpc) is 2.83. The molecule has 4 aromatic rings. The molecule has 0 aliphatic carbocycles. The Morgan fingerprint density at radius 1 is 1.11 bits per heavy atom. The summed E-state index contributed by atoms with van der Waals surface area (Å²) in [4.78, 5) is 34.0. The smallest absolute Gasteiger partial charge is 0.433 e. The van der Waals surface area contributed by atoms with Crippen molar-refractivity contribution in [3.8, 4) is 11.5 Å². The normalized spacial score (nSPS) is 11.7. The van der Waals surface area contributed by atoms with E-state index in [0.29, 0.717) is 21.9 Å². The molecule has 8 nitrogen and oxygen atoms in total. The second-order valence-corrected chi connectivity index (χ2v) is 8.40. The van der Waals surface area contributed by atoms with Gasteiger partial charge in [0.05, 0.1) is 11.6 Å². The maximum absolute atomic E-state index is 13.4. The highest BCUT2D eigenvalue weighted by Gasteiger charge is 2.32. The molecule has 3 aromatic heterocycles. The zero-order valence-corrected chi connectivity index (χ0v) is 19.7. The van der Waals surface area contributed by atoms with Crippen molar-refractivity contribution < 1.29 is 23.0 Å². The molecule has 0 aliphatic heterocycles. The Morgan fingerprint density at radius 2 is 1.89 bits per heavy atom. The van der Waals surface area contributed by atoms with Gasteiger partial charge in [0.25, 0.3) is 5.56 Å². The van der Waals surface area contributed by atoms with Gasteiger partial charge in [-0.05, 0) is 36.2 Å². The maximum Gasteiger partial charge on any atom is 0.433 e. The number of aliphatic hydroxyl groups excluding tert-OH is 1. The van der Waals surface area contributed by atoms with Crippen molar-refractivity contribution >= 4 is 22.6 Å². The largest absolute Gasteiger partial charge is 0.455 e. The van der Waals surface area contributed by atoms with Gasteiger partial charge in [0, 0.05) is 43.4 Å². The number of benzene rings is 1. The van der Waals surface area contributed by atoms with Crippen LogP contribution in [0.5, 0.6) is 11.5 Å². The number of ether oxygens (including phenoxy) is 1. The lowest BCUT2D eigenvalue weighted by molar-refractivity contribution is -0.141. The second kappa shape index (κ2) is 10.1. The maximum atomic E-state index is 13.4. The fraction of sp³-hybridized carbons (Fsp3) is 0.250. The van der Waals surface area contributed by atoms with Gasteiger partial charge in [-0.15, -0.1) is 0 Å². The molecule has 0 saturated carbocycles. The van der Waals surface area contributed by atoms with Crippen molar-refractivity contribution in [2.45, 2.75) is 25.6 Å². The fourth-order valence-electron chi connectivity index (χ4n) is 3.74. The molecule has 0 bridgehead atoms. The van der Waals surface area contributed by atoms with E-state index >= 15 is 0 Å². The topological polar surface area (TPSA) is 99.2 Å². The van der Waals surface area contributed by atoms with Crippen LogP contribution in [0.2, 0.25) is 5.02 Å². The molecule has 0 amide bonds. The van der Waals surface area contributed by atoms with E-state index in [0.717, 1.165) is 16.8 Å². The Hall–Kier alpha value is -3.70. The molecular weight excluding hydrogens is 501 g/mol. The van der Waals surface area contributed by atoms with Crippen molar-refractivity contribution in [2.75, 3.05) is 6.61 Å². The van der Waals surface area contributed by atoms with Gasteiger partial charge in [-0.1, -0.05) is 23.7 Å². The molecule has 36 heavy (non-hydrogen) atoms. The van der Waals surface area contributed by atoms with Crippen molar-refractivity contribution in [2.24, 2.45) is 7.05 Å². The van der Waals surface area contributed by atoms with Crippen LogP contribution >= 0.6 is 11.6 Å². The second-order valence-electron chi connectivity index (χ2n) is 7.96. The fourth-order valence-corrected chi connectivity index (χ4v) is 3.92. The first-order valence-electron chi connectivity index (χ1n) is 10.8. The van der Waals surface area contributed by atoms with E-state index in [1.54, 1.807) is 24.3 Å². The molecular formula is C24H20ClF3N4O4. The highest BCUT2D eigenvalue weighted by atomic mass is 35.5. The average molecular weight is 521 g/mol. The van der Waals surface area contributed by atoms with Crippen molar-refractivity contribution in [3.63, 3.8) is 0 Å². The molecule has 0 radical (unpaired) electrons. The zero-order chi connectivity index (χ0) is 26.0. The third-order valence-electron chi connectivity index (χ3n) is 5.48. The molecule has 0 unspecified atom stereocenters. The summed E-state index contributed by atoms with van der Waals surface area (Å²) in [6, 6.07) is 8.62. The number of aromatic nitrogens is 4. The van der Waals surface area contributed by atoms with Gasteiger partial charge < -0.3 is 9.84 Å². The van der Waals surface area contributed by atoms with E-state index < -0.39 is 23.1 Å². The van der Waals surface area contributed by atoms with Crippen LogP contribution in [0.4, 0.5) is 13.2 Å². The molecule has 188 valence electrons. The number of halogens is 4. The summed E-state index contributed by atoms with van der Waals surface area (Å²) >= 11 is 6.05. The lowest BCUT2D eigenvalue weighted by Crippen LogP contribution is -2.40. The first-order valence-corrected chi connectivity index (χ1v) is 11.2. The molecule has 0 fully saturated rings. The quantitative estimate of drug-likeness (QED) is 0.396. The third kappa shape index (κ3) is 5.12.